The molecule has 3 rings (SSSR count). The molecule has 1 aromatic rings. The molecule has 0 radical (unpaired) electrons. The minimum absolute atomic E-state index is 0.0158. The Balaban J connectivity index is 2.01. The average molecular weight is 259 g/mol. The number of fused-ring (bicyclic) bond motifs is 1. The van der Waals surface area contributed by atoms with Crippen LogP contribution in [-0.4, -0.2) is 13.0 Å². The molecular formula is C16H21NO2. The average Bonchev–Trinajstić information content (AvgIpc) is 2.74. The molecule has 1 unspecified atom stereocenters. The molecule has 1 aliphatic heterocycles. The summed E-state index contributed by atoms with van der Waals surface area (Å²) in [7, 11) is 1.67. The number of carbonyl (C=O) groups excluding carboxylic acids is 1. The number of rotatable bonds is 2. The van der Waals surface area contributed by atoms with E-state index in [1.165, 1.54) is 19.3 Å². The lowest BCUT2D eigenvalue weighted by molar-refractivity contribution is -0.120. The summed E-state index contributed by atoms with van der Waals surface area (Å²) in [5, 5.41) is 3.03. The van der Waals surface area contributed by atoms with Crippen LogP contribution in [0.4, 0.5) is 5.69 Å². The minimum atomic E-state index is -0.0158. The highest BCUT2D eigenvalue weighted by molar-refractivity contribution is 6.03. The van der Waals surface area contributed by atoms with Gasteiger partial charge in [0.15, 0.2) is 0 Å². The zero-order valence-corrected chi connectivity index (χ0v) is 11.7. The van der Waals surface area contributed by atoms with Crippen LogP contribution in [0.1, 0.15) is 50.5 Å². The van der Waals surface area contributed by atoms with Gasteiger partial charge >= 0.3 is 0 Å². The lowest BCUT2D eigenvalue weighted by atomic mass is 9.65. The summed E-state index contributed by atoms with van der Waals surface area (Å²) in [6.45, 7) is 2.27. The normalized spacial score (nSPS) is 24.7. The molecule has 0 bridgehead atoms. The molecule has 1 fully saturated rings. The van der Waals surface area contributed by atoms with Crippen molar-refractivity contribution in [2.24, 2.45) is 5.41 Å². The van der Waals surface area contributed by atoms with Gasteiger partial charge in [0, 0.05) is 5.69 Å². The van der Waals surface area contributed by atoms with Crippen molar-refractivity contribution in [2.45, 2.75) is 44.9 Å². The number of hydrogen-bond acceptors (Lipinski definition) is 2. The third kappa shape index (κ3) is 2.01. The van der Waals surface area contributed by atoms with Gasteiger partial charge in [-0.05, 0) is 42.0 Å². The maximum atomic E-state index is 12.4. The fraction of sp³-hybridized carbons (Fsp3) is 0.562. The van der Waals surface area contributed by atoms with Crippen molar-refractivity contribution in [1.82, 2.24) is 0 Å². The number of amides is 1. The van der Waals surface area contributed by atoms with Crippen LogP contribution in [0.3, 0.4) is 0 Å². The zero-order valence-electron chi connectivity index (χ0n) is 11.7. The number of nitrogens with one attached hydrogen (secondary N) is 1. The monoisotopic (exact) mass is 259 g/mol. The van der Waals surface area contributed by atoms with Gasteiger partial charge in [0.05, 0.1) is 13.0 Å². The Morgan fingerprint density at radius 3 is 2.68 bits per heavy atom. The molecule has 1 heterocycles. The Hall–Kier alpha value is -1.51. The summed E-state index contributed by atoms with van der Waals surface area (Å²) < 4.78 is 5.30. The number of benzene rings is 1. The van der Waals surface area contributed by atoms with Crippen LogP contribution in [0.5, 0.6) is 5.75 Å². The van der Waals surface area contributed by atoms with E-state index < -0.39 is 0 Å². The first-order chi connectivity index (χ1) is 9.14. The first kappa shape index (κ1) is 12.5. The lowest BCUT2D eigenvalue weighted by Crippen LogP contribution is -2.32. The molecule has 1 N–H and O–H groups in total. The second-order valence-corrected chi connectivity index (χ2v) is 6.09. The highest BCUT2D eigenvalue weighted by Crippen LogP contribution is 2.52. The summed E-state index contributed by atoms with van der Waals surface area (Å²) in [5.74, 6) is 0.977. The van der Waals surface area contributed by atoms with E-state index in [0.29, 0.717) is 0 Å². The number of carbonyl (C=O) groups is 1. The number of anilines is 1. The van der Waals surface area contributed by atoms with E-state index in [1.54, 1.807) is 7.11 Å². The fourth-order valence-electron chi connectivity index (χ4n) is 3.71. The van der Waals surface area contributed by atoms with Gasteiger partial charge in [-0.2, -0.15) is 0 Å². The van der Waals surface area contributed by atoms with Gasteiger partial charge in [-0.3, -0.25) is 4.79 Å². The van der Waals surface area contributed by atoms with Crippen LogP contribution in [0.2, 0.25) is 0 Å². The van der Waals surface area contributed by atoms with Crippen molar-refractivity contribution in [3.63, 3.8) is 0 Å². The lowest BCUT2D eigenvalue weighted by Gasteiger charge is -2.38. The fourth-order valence-corrected chi connectivity index (χ4v) is 3.71. The first-order valence-electron chi connectivity index (χ1n) is 7.13. The molecule has 1 aromatic carbocycles. The number of ether oxygens (including phenoxy) is 1. The van der Waals surface area contributed by atoms with E-state index in [9.17, 15) is 4.79 Å². The molecule has 0 aromatic heterocycles. The van der Waals surface area contributed by atoms with Gasteiger partial charge in [0.25, 0.3) is 0 Å². The zero-order chi connectivity index (χ0) is 13.5. The van der Waals surface area contributed by atoms with Crippen LogP contribution < -0.4 is 10.1 Å². The Labute approximate surface area is 114 Å². The van der Waals surface area contributed by atoms with E-state index in [-0.39, 0.29) is 17.2 Å². The molecule has 3 nitrogen and oxygen atoms in total. The third-order valence-electron chi connectivity index (χ3n) is 4.78. The standard InChI is InChI=1S/C16H21NO2/c1-16(8-4-3-5-9-16)14-12-10-11(19-2)6-7-13(12)17-15(14)18/h6-7,10,14H,3-5,8-9H2,1-2H3,(H,17,18). The highest BCUT2D eigenvalue weighted by atomic mass is 16.5. The van der Waals surface area contributed by atoms with Crippen molar-refractivity contribution in [1.29, 1.82) is 0 Å². The van der Waals surface area contributed by atoms with Crippen molar-refractivity contribution in [3.05, 3.63) is 23.8 Å². The maximum absolute atomic E-state index is 12.4. The van der Waals surface area contributed by atoms with Crippen LogP contribution in [-0.2, 0) is 4.79 Å². The molecule has 1 aliphatic carbocycles. The van der Waals surface area contributed by atoms with E-state index in [2.05, 4.69) is 12.2 Å². The van der Waals surface area contributed by atoms with Gasteiger partial charge < -0.3 is 10.1 Å². The van der Waals surface area contributed by atoms with Crippen molar-refractivity contribution in [3.8, 4) is 5.75 Å². The minimum Gasteiger partial charge on any atom is -0.497 e. The second kappa shape index (κ2) is 4.55. The molecule has 1 amide bonds. The molecule has 0 saturated heterocycles. The molecule has 19 heavy (non-hydrogen) atoms. The molecule has 1 saturated carbocycles. The van der Waals surface area contributed by atoms with Crippen LogP contribution >= 0.6 is 0 Å². The third-order valence-corrected chi connectivity index (χ3v) is 4.78. The Morgan fingerprint density at radius 2 is 2.00 bits per heavy atom. The SMILES string of the molecule is COc1ccc2c(c1)C(C1(C)CCCCC1)C(=O)N2. The van der Waals surface area contributed by atoms with E-state index in [0.717, 1.165) is 29.8 Å². The maximum Gasteiger partial charge on any atom is 0.232 e. The second-order valence-electron chi connectivity index (χ2n) is 6.09. The summed E-state index contributed by atoms with van der Waals surface area (Å²) in [6.07, 6.45) is 6.05. The predicted molar refractivity (Wildman–Crippen MR) is 75.6 cm³/mol. The van der Waals surface area contributed by atoms with E-state index >= 15 is 0 Å². The van der Waals surface area contributed by atoms with Crippen molar-refractivity contribution < 1.29 is 9.53 Å². The first-order valence-corrected chi connectivity index (χ1v) is 7.13. The largest absolute Gasteiger partial charge is 0.497 e. The summed E-state index contributed by atoms with van der Waals surface area (Å²) >= 11 is 0. The molecule has 0 spiro atoms. The Kier molecular flexibility index (Phi) is 3.00. The molecular weight excluding hydrogens is 238 g/mol. The van der Waals surface area contributed by atoms with Gasteiger partial charge in [0.2, 0.25) is 5.91 Å². The molecule has 2 aliphatic rings. The van der Waals surface area contributed by atoms with Crippen molar-refractivity contribution >= 4 is 11.6 Å². The smallest absolute Gasteiger partial charge is 0.232 e. The van der Waals surface area contributed by atoms with Crippen molar-refractivity contribution in [2.75, 3.05) is 12.4 Å². The summed E-state index contributed by atoms with van der Waals surface area (Å²) in [6, 6.07) is 5.89. The quantitative estimate of drug-likeness (QED) is 0.879. The summed E-state index contributed by atoms with van der Waals surface area (Å²) in [4.78, 5) is 12.4. The van der Waals surface area contributed by atoms with Crippen LogP contribution in [0.25, 0.3) is 0 Å². The van der Waals surface area contributed by atoms with Gasteiger partial charge in [-0.1, -0.05) is 26.2 Å². The van der Waals surface area contributed by atoms with Crippen LogP contribution in [0, 0.1) is 5.41 Å². The molecule has 102 valence electrons. The molecule has 1 atom stereocenters. The number of methoxy groups -OCH3 is 1. The Morgan fingerprint density at radius 1 is 1.26 bits per heavy atom. The van der Waals surface area contributed by atoms with Crippen LogP contribution in [0.15, 0.2) is 18.2 Å². The number of hydrogen-bond donors (Lipinski definition) is 1. The van der Waals surface area contributed by atoms with E-state index in [4.69, 9.17) is 4.74 Å². The Bertz CT molecular complexity index is 503. The summed E-state index contributed by atoms with van der Waals surface area (Å²) in [5.41, 5.74) is 2.18. The van der Waals surface area contributed by atoms with E-state index in [1.807, 2.05) is 18.2 Å². The highest BCUT2D eigenvalue weighted by Gasteiger charge is 2.45. The topological polar surface area (TPSA) is 38.3 Å². The molecule has 3 heteroatoms. The van der Waals surface area contributed by atoms with Gasteiger partial charge in [0.1, 0.15) is 5.75 Å². The predicted octanol–water partition coefficient (Wildman–Crippen LogP) is 3.70. The van der Waals surface area contributed by atoms with Gasteiger partial charge in [-0.15, -0.1) is 0 Å². The van der Waals surface area contributed by atoms with Gasteiger partial charge in [-0.25, -0.2) is 0 Å².